The van der Waals surface area contributed by atoms with Gasteiger partial charge < -0.3 is 50.6 Å². The zero-order valence-electron chi connectivity index (χ0n) is 48.0. The van der Waals surface area contributed by atoms with Gasteiger partial charge in [0.15, 0.2) is 0 Å². The predicted octanol–water partition coefficient (Wildman–Crippen LogP) is 1.92. The first kappa shape index (κ1) is 62.5. The lowest BCUT2D eigenvalue weighted by Gasteiger charge is -2.39. The number of ether oxygens (including phenoxy) is 3. The molecule has 6 aliphatic heterocycles. The van der Waals surface area contributed by atoms with Gasteiger partial charge in [0.2, 0.25) is 55.5 Å². The van der Waals surface area contributed by atoms with E-state index in [9.17, 15) is 50.4 Å². The fourth-order valence-corrected chi connectivity index (χ4v) is 13.4. The Hall–Kier alpha value is -6.09. The van der Waals surface area contributed by atoms with Crippen LogP contribution in [0.15, 0.2) is 48.5 Å². The molecule has 8 rings (SSSR count). The zero-order chi connectivity index (χ0) is 59.1. The van der Waals surface area contributed by atoms with E-state index < -0.39 is 91.6 Å². The molecule has 0 saturated carbocycles. The molecule has 81 heavy (non-hydrogen) atoms. The summed E-state index contributed by atoms with van der Waals surface area (Å²) < 4.78 is 70.7. The molecule has 0 aromatic heterocycles. The molecule has 2 aromatic rings. The van der Waals surface area contributed by atoms with E-state index in [0.29, 0.717) is 70.3 Å². The Morgan fingerprint density at radius 2 is 1.05 bits per heavy atom. The van der Waals surface area contributed by atoms with Crippen LogP contribution in [0.3, 0.4) is 0 Å². The first-order chi connectivity index (χ1) is 38.3. The fraction of sp³-hybridized carbons (Fsp3) is 0.655. The average molecular weight is 1170 g/mol. The maximum atomic E-state index is 14.2. The lowest BCUT2D eigenvalue weighted by molar-refractivity contribution is -0.145. The fourth-order valence-electron chi connectivity index (χ4n) is 11.2. The summed E-state index contributed by atoms with van der Waals surface area (Å²) in [5.74, 6) is -1.38. The van der Waals surface area contributed by atoms with Gasteiger partial charge in [-0.25, -0.2) is 21.6 Å². The highest BCUT2D eigenvalue weighted by molar-refractivity contribution is 7.89. The molecule has 0 radical (unpaired) electrons. The third-order valence-corrected chi connectivity index (χ3v) is 19.8. The number of carbonyl (C=O) groups is 7. The van der Waals surface area contributed by atoms with Crippen molar-refractivity contribution in [3.8, 4) is 11.5 Å². The number of fused-ring (bicyclic) bond motifs is 4. The molecule has 6 heterocycles. The molecular formula is C55H82N10O14S2. The van der Waals surface area contributed by atoms with Gasteiger partial charge in [0.25, 0.3) is 0 Å². The van der Waals surface area contributed by atoms with Gasteiger partial charge in [-0.2, -0.15) is 8.61 Å². The molecule has 0 bridgehead atoms. The van der Waals surface area contributed by atoms with E-state index in [1.54, 1.807) is 46.6 Å². The number of nitrogens with zero attached hydrogens (tertiary/aromatic N) is 5. The molecule has 10 atom stereocenters. The number of nitrogens with one attached hydrogen (secondary N) is 5. The first-order valence-electron chi connectivity index (χ1n) is 28.2. The van der Waals surface area contributed by atoms with E-state index in [1.165, 1.54) is 34.4 Å². The van der Waals surface area contributed by atoms with E-state index in [0.717, 1.165) is 21.8 Å². The van der Waals surface area contributed by atoms with Crippen LogP contribution in [0.4, 0.5) is 4.79 Å². The summed E-state index contributed by atoms with van der Waals surface area (Å²) in [6.07, 6.45) is 3.28. The van der Waals surface area contributed by atoms with Crippen molar-refractivity contribution in [2.45, 2.75) is 166 Å². The average Bonchev–Trinajstić information content (AvgIpc) is 4.33. The Morgan fingerprint density at radius 1 is 0.630 bits per heavy atom. The minimum absolute atomic E-state index is 0.0965. The maximum Gasteiger partial charge on any atom is 0.410 e. The summed E-state index contributed by atoms with van der Waals surface area (Å²) in [6, 6.07) is 8.49. The van der Waals surface area contributed by atoms with Crippen LogP contribution in [-0.2, 0) is 53.6 Å². The van der Waals surface area contributed by atoms with Gasteiger partial charge in [-0.3, -0.25) is 33.7 Å². The van der Waals surface area contributed by atoms with Crippen molar-refractivity contribution in [1.82, 2.24) is 49.9 Å². The number of sulfonamides is 2. The molecule has 7 amide bonds. The minimum Gasteiger partial charge on any atom is -0.493 e. The van der Waals surface area contributed by atoms with Gasteiger partial charge in [0, 0.05) is 69.3 Å². The molecule has 26 heteroatoms. The molecule has 0 spiro atoms. The van der Waals surface area contributed by atoms with Crippen LogP contribution >= 0.6 is 0 Å². The van der Waals surface area contributed by atoms with Gasteiger partial charge >= 0.3 is 6.09 Å². The Bertz CT molecular complexity index is 2870. The Labute approximate surface area is 476 Å². The lowest BCUT2D eigenvalue weighted by Crippen LogP contribution is -2.62. The highest BCUT2D eigenvalue weighted by atomic mass is 32.2. The molecule has 0 unspecified atom stereocenters. The SMILES string of the molecule is CCS(=O)(=O)N1CC[C@H]2CC[C@@H](C(=O)N[C@@H]3CCOc4ccccc43)N2C(=O)[C@@H](NC(=O)[C@H](C)N(C)C(=O)OC(C)(C)C)C1.CCS(=O)(=O)N1CC[C@H]2CC[C@@H](C(=O)N[C@@H]3CCOc4ccccc43)N2C(=O)[C@@H](NC(=O)[C@H](C)NC)C1. The van der Waals surface area contributed by atoms with E-state index in [2.05, 4.69) is 26.6 Å². The van der Waals surface area contributed by atoms with Gasteiger partial charge in [-0.1, -0.05) is 36.4 Å². The summed E-state index contributed by atoms with van der Waals surface area (Å²) in [4.78, 5) is 98.2. The van der Waals surface area contributed by atoms with E-state index in [4.69, 9.17) is 14.2 Å². The van der Waals surface area contributed by atoms with Crippen molar-refractivity contribution in [2.75, 3.05) is 65.0 Å². The van der Waals surface area contributed by atoms with Crippen molar-refractivity contribution in [2.24, 2.45) is 0 Å². The lowest BCUT2D eigenvalue weighted by atomic mass is 10.00. The largest absolute Gasteiger partial charge is 0.493 e. The van der Waals surface area contributed by atoms with Crippen LogP contribution in [0.25, 0.3) is 0 Å². The van der Waals surface area contributed by atoms with Crippen LogP contribution < -0.4 is 36.1 Å². The predicted molar refractivity (Wildman–Crippen MR) is 299 cm³/mol. The monoisotopic (exact) mass is 1170 g/mol. The molecule has 6 aliphatic rings. The van der Waals surface area contributed by atoms with Crippen LogP contribution in [-0.4, -0.2) is 201 Å². The van der Waals surface area contributed by atoms with Gasteiger partial charge in [0.1, 0.15) is 47.3 Å². The van der Waals surface area contributed by atoms with E-state index in [-0.39, 0.29) is 73.7 Å². The summed E-state index contributed by atoms with van der Waals surface area (Å²) in [6.45, 7) is 12.2. The highest BCUT2D eigenvalue weighted by Gasteiger charge is 2.49. The van der Waals surface area contributed by atoms with Gasteiger partial charge in [-0.05, 0) is 106 Å². The quantitative estimate of drug-likeness (QED) is 0.181. The number of benzene rings is 2. The standard InChI is InChI=1S/C30H45N5O8S.C25H37N5O6S/c1-7-44(40,41)34-16-14-20-12-13-24(27(37)31-22-15-17-42-25-11-9-8-10-21(22)25)35(20)28(38)23(18-34)32-26(36)19(2)33(6)29(39)43-30(3,4)5;1-4-37(34,35)29-13-11-17-9-10-21(30(17)25(33)20(15-29)28-23(31)16(2)26-3)24(32)27-19-12-14-36-22-8-6-5-7-18(19)22/h8-11,19-20,22-24H,7,12-18H2,1-6H3,(H,31,37)(H,32,36);5-8,16-17,19-21,26H,4,9-15H2,1-3H3,(H,27,32)(H,28,31)/t19-,20+,22+,23-,24-;16-,17+,19+,20-,21-/m00/s1. The number of amides is 7. The molecule has 4 saturated heterocycles. The number of para-hydroxylation sites is 2. The third kappa shape index (κ3) is 14.8. The normalized spacial score (nSPS) is 26.0. The molecule has 4 fully saturated rings. The summed E-state index contributed by atoms with van der Waals surface area (Å²) in [5.41, 5.74) is 0.996. The number of rotatable bonds is 14. The number of likely N-dealkylation sites (N-methyl/N-ethyl adjacent to an activating group) is 2. The van der Waals surface area contributed by atoms with Crippen LogP contribution in [0.2, 0.25) is 0 Å². The van der Waals surface area contributed by atoms with Crippen molar-refractivity contribution < 1.29 is 64.6 Å². The second kappa shape index (κ2) is 26.4. The summed E-state index contributed by atoms with van der Waals surface area (Å²) >= 11 is 0. The van der Waals surface area contributed by atoms with E-state index in [1.807, 2.05) is 48.5 Å². The number of hydrogen-bond acceptors (Lipinski definition) is 15. The molecule has 2 aromatic carbocycles. The first-order valence-corrected chi connectivity index (χ1v) is 31.4. The Balaban J connectivity index is 0.000000237. The highest BCUT2D eigenvalue weighted by Crippen LogP contribution is 2.36. The molecule has 5 N–H and O–H groups in total. The second-order valence-electron chi connectivity index (χ2n) is 22.5. The van der Waals surface area contributed by atoms with Crippen molar-refractivity contribution in [3.05, 3.63) is 59.7 Å². The number of carbonyl (C=O) groups excluding carboxylic acids is 7. The number of hydrogen-bond donors (Lipinski definition) is 5. The topological polar surface area (TPSA) is 292 Å². The zero-order valence-corrected chi connectivity index (χ0v) is 49.6. The Morgan fingerprint density at radius 3 is 1.46 bits per heavy atom. The third-order valence-electron chi connectivity index (χ3n) is 16.1. The molecule has 24 nitrogen and oxygen atoms in total. The van der Waals surface area contributed by atoms with Crippen LogP contribution in [0, 0.1) is 0 Å². The minimum atomic E-state index is -3.69. The van der Waals surface area contributed by atoms with Crippen molar-refractivity contribution >= 4 is 61.6 Å². The molecular weight excluding hydrogens is 1090 g/mol. The van der Waals surface area contributed by atoms with Crippen molar-refractivity contribution in [3.63, 3.8) is 0 Å². The second-order valence-corrected chi connectivity index (χ2v) is 27.0. The van der Waals surface area contributed by atoms with Crippen LogP contribution in [0.5, 0.6) is 11.5 Å². The van der Waals surface area contributed by atoms with E-state index >= 15 is 0 Å². The van der Waals surface area contributed by atoms with Crippen LogP contribution in [0.1, 0.15) is 123 Å². The molecule has 448 valence electrons. The Kier molecular flexibility index (Phi) is 20.4. The summed E-state index contributed by atoms with van der Waals surface area (Å²) in [7, 11) is -4.23. The summed E-state index contributed by atoms with van der Waals surface area (Å²) in [5, 5.41) is 14.5. The maximum absolute atomic E-state index is 14.2. The molecule has 0 aliphatic carbocycles. The van der Waals surface area contributed by atoms with Crippen molar-refractivity contribution in [1.29, 1.82) is 0 Å². The smallest absolute Gasteiger partial charge is 0.410 e. The van der Waals surface area contributed by atoms with Gasteiger partial charge in [-0.15, -0.1) is 0 Å². The van der Waals surface area contributed by atoms with Gasteiger partial charge in [0.05, 0.1) is 42.8 Å².